The zero-order valence-electron chi connectivity index (χ0n) is 19.0. The van der Waals surface area contributed by atoms with Crippen LogP contribution in [0.15, 0.2) is 65.2 Å². The highest BCUT2D eigenvalue weighted by molar-refractivity contribution is 5.99. The first-order valence-electron chi connectivity index (χ1n) is 11.1. The molecule has 0 radical (unpaired) electrons. The van der Waals surface area contributed by atoms with E-state index in [1.807, 2.05) is 0 Å². The van der Waals surface area contributed by atoms with Gasteiger partial charge in [-0.05, 0) is 47.0 Å². The summed E-state index contributed by atoms with van der Waals surface area (Å²) in [7, 11) is 0. The zero-order valence-corrected chi connectivity index (χ0v) is 19.0. The van der Waals surface area contributed by atoms with Crippen molar-refractivity contribution in [2.75, 3.05) is 0 Å². The Kier molecular flexibility index (Phi) is 6.39. The number of carbonyl (C=O) groups is 1. The van der Waals surface area contributed by atoms with Gasteiger partial charge in [0.25, 0.3) is 11.8 Å². The second kappa shape index (κ2) is 9.56. The normalized spacial score (nSPS) is 15.2. The first-order chi connectivity index (χ1) is 18.0. The summed E-state index contributed by atoms with van der Waals surface area (Å²) in [6.07, 6.45) is -8.21. The molecule has 13 heteroatoms. The molecular formula is C25H16F6N4O3. The van der Waals surface area contributed by atoms with E-state index in [1.54, 1.807) is 6.07 Å². The van der Waals surface area contributed by atoms with Crippen LogP contribution >= 0.6 is 0 Å². The van der Waals surface area contributed by atoms with Gasteiger partial charge in [-0.3, -0.25) is 9.78 Å². The molecule has 5 rings (SSSR count). The van der Waals surface area contributed by atoms with Gasteiger partial charge < -0.3 is 14.4 Å². The molecule has 0 fully saturated rings. The van der Waals surface area contributed by atoms with E-state index < -0.39 is 48.1 Å². The zero-order chi connectivity index (χ0) is 27.2. The summed E-state index contributed by atoms with van der Waals surface area (Å²) in [5, 5.41) is 18.1. The van der Waals surface area contributed by atoms with Crippen molar-refractivity contribution in [2.24, 2.45) is 0 Å². The molecule has 2 unspecified atom stereocenters. The van der Waals surface area contributed by atoms with E-state index in [-0.39, 0.29) is 34.7 Å². The van der Waals surface area contributed by atoms with Gasteiger partial charge in [0.1, 0.15) is 17.6 Å². The summed E-state index contributed by atoms with van der Waals surface area (Å²) in [6, 6.07) is 9.85. The summed E-state index contributed by atoms with van der Waals surface area (Å²) in [4.78, 5) is 18.2. The number of aliphatic hydroxyl groups is 1. The number of nitrogens with zero attached hydrogens (tertiary/aromatic N) is 4. The molecular weight excluding hydrogens is 518 g/mol. The van der Waals surface area contributed by atoms with Crippen LogP contribution in [0.1, 0.15) is 57.2 Å². The first kappa shape index (κ1) is 25.4. The number of halogens is 6. The van der Waals surface area contributed by atoms with Gasteiger partial charge in [-0.25, -0.2) is 4.39 Å². The number of amides is 1. The Bertz CT molecular complexity index is 1470. The summed E-state index contributed by atoms with van der Waals surface area (Å²) in [5.74, 6) is -2.28. The SMILES string of the molecule is O=C1c2cc(-c3nnc(C(F)F)o3)ccc2CN1C(c1ccc(C(F)(F)F)nc1)C(O)c1ccc(F)cc1. The fraction of sp³-hybridized carbons (Fsp3) is 0.200. The van der Waals surface area contributed by atoms with Gasteiger partial charge in [-0.2, -0.15) is 22.0 Å². The topological polar surface area (TPSA) is 92.4 Å². The lowest BCUT2D eigenvalue weighted by molar-refractivity contribution is -0.141. The van der Waals surface area contributed by atoms with Crippen molar-refractivity contribution in [3.05, 3.63) is 100 Å². The number of hydrogen-bond acceptors (Lipinski definition) is 6. The van der Waals surface area contributed by atoms with E-state index in [0.717, 1.165) is 30.5 Å². The Morgan fingerprint density at radius 2 is 1.68 bits per heavy atom. The number of pyridine rings is 1. The van der Waals surface area contributed by atoms with Gasteiger partial charge in [-0.15, -0.1) is 10.2 Å². The number of carbonyl (C=O) groups excluding carboxylic acids is 1. The lowest BCUT2D eigenvalue weighted by Gasteiger charge is -2.32. The Morgan fingerprint density at radius 3 is 2.29 bits per heavy atom. The molecule has 1 N–H and O–H groups in total. The Morgan fingerprint density at radius 1 is 0.974 bits per heavy atom. The van der Waals surface area contributed by atoms with Crippen molar-refractivity contribution < 1.29 is 40.7 Å². The monoisotopic (exact) mass is 534 g/mol. The quantitative estimate of drug-likeness (QED) is 0.321. The van der Waals surface area contributed by atoms with Crippen LogP contribution in [0.4, 0.5) is 26.3 Å². The second-order valence-electron chi connectivity index (χ2n) is 8.47. The van der Waals surface area contributed by atoms with Crippen molar-refractivity contribution in [1.82, 2.24) is 20.1 Å². The van der Waals surface area contributed by atoms with E-state index in [0.29, 0.717) is 5.56 Å². The highest BCUT2D eigenvalue weighted by atomic mass is 19.4. The van der Waals surface area contributed by atoms with Gasteiger partial charge in [0.15, 0.2) is 0 Å². The average molecular weight is 534 g/mol. The molecule has 0 bridgehead atoms. The van der Waals surface area contributed by atoms with E-state index in [2.05, 4.69) is 15.2 Å². The number of fused-ring (bicyclic) bond motifs is 1. The van der Waals surface area contributed by atoms with Crippen LogP contribution in [-0.4, -0.2) is 31.1 Å². The minimum atomic E-state index is -4.70. The number of hydrogen-bond donors (Lipinski definition) is 1. The molecule has 1 aliphatic heterocycles. The van der Waals surface area contributed by atoms with Crippen LogP contribution in [0.2, 0.25) is 0 Å². The molecule has 0 saturated heterocycles. The molecule has 7 nitrogen and oxygen atoms in total. The van der Waals surface area contributed by atoms with Crippen molar-refractivity contribution in [2.45, 2.75) is 31.3 Å². The molecule has 4 aromatic rings. The van der Waals surface area contributed by atoms with Crippen molar-refractivity contribution in [1.29, 1.82) is 0 Å². The van der Waals surface area contributed by atoms with Crippen LogP contribution in [0.3, 0.4) is 0 Å². The molecule has 38 heavy (non-hydrogen) atoms. The number of aliphatic hydroxyl groups excluding tert-OH is 1. The number of aromatic nitrogens is 3. The van der Waals surface area contributed by atoms with E-state index in [1.165, 1.54) is 29.2 Å². The molecule has 0 saturated carbocycles. The minimum Gasteiger partial charge on any atom is -0.415 e. The number of benzene rings is 2. The van der Waals surface area contributed by atoms with Crippen LogP contribution in [0, 0.1) is 5.82 Å². The maximum atomic E-state index is 13.5. The summed E-state index contributed by atoms with van der Waals surface area (Å²) >= 11 is 0. The highest BCUT2D eigenvalue weighted by Gasteiger charge is 2.39. The minimum absolute atomic E-state index is 0.0372. The maximum absolute atomic E-state index is 13.5. The van der Waals surface area contributed by atoms with Crippen LogP contribution in [0.5, 0.6) is 0 Å². The third-order valence-electron chi connectivity index (χ3n) is 6.08. The average Bonchev–Trinajstić information content (AvgIpc) is 3.50. The van der Waals surface area contributed by atoms with Gasteiger partial charge in [0, 0.05) is 23.9 Å². The molecule has 0 aliphatic carbocycles. The molecule has 2 atom stereocenters. The molecule has 1 amide bonds. The molecule has 2 aromatic heterocycles. The van der Waals surface area contributed by atoms with Gasteiger partial charge in [0.2, 0.25) is 5.89 Å². The second-order valence-corrected chi connectivity index (χ2v) is 8.47. The van der Waals surface area contributed by atoms with Crippen LogP contribution < -0.4 is 0 Å². The Balaban J connectivity index is 1.52. The Hall–Kier alpha value is -4.26. The third kappa shape index (κ3) is 4.72. The van der Waals surface area contributed by atoms with E-state index in [4.69, 9.17) is 4.42 Å². The third-order valence-corrected chi connectivity index (χ3v) is 6.08. The van der Waals surface area contributed by atoms with Gasteiger partial charge >= 0.3 is 12.6 Å². The van der Waals surface area contributed by atoms with Crippen molar-refractivity contribution >= 4 is 5.91 Å². The molecule has 196 valence electrons. The van der Waals surface area contributed by atoms with Gasteiger partial charge in [-0.1, -0.05) is 24.3 Å². The lowest BCUT2D eigenvalue weighted by Crippen LogP contribution is -2.33. The predicted molar refractivity (Wildman–Crippen MR) is 118 cm³/mol. The summed E-state index contributed by atoms with van der Waals surface area (Å²) < 4.78 is 83.3. The Labute approximate surface area is 210 Å². The first-order valence-corrected chi connectivity index (χ1v) is 11.1. The molecule has 0 spiro atoms. The van der Waals surface area contributed by atoms with Crippen LogP contribution in [-0.2, 0) is 12.7 Å². The van der Waals surface area contributed by atoms with Crippen molar-refractivity contribution in [3.8, 4) is 11.5 Å². The standard InChI is InChI=1S/C25H16F6N4O3/c26-16-6-3-12(4-7-16)20(36)19(14-5-8-18(32-10-14)25(29,30)31)35-11-15-2-1-13(9-17(15)24(35)37)22-33-34-23(38-22)21(27)28/h1-10,19-21,36H,11H2. The fourth-order valence-electron chi connectivity index (χ4n) is 4.24. The van der Waals surface area contributed by atoms with Crippen LogP contribution in [0.25, 0.3) is 11.5 Å². The summed E-state index contributed by atoms with van der Waals surface area (Å²) in [5.41, 5.74) is 0.0182. The fourth-order valence-corrected chi connectivity index (χ4v) is 4.24. The smallest absolute Gasteiger partial charge is 0.415 e. The molecule has 3 heterocycles. The highest BCUT2D eigenvalue weighted by Crippen LogP contribution is 2.41. The molecule has 1 aliphatic rings. The molecule has 2 aromatic carbocycles. The van der Waals surface area contributed by atoms with Gasteiger partial charge in [0.05, 0.1) is 6.04 Å². The van der Waals surface area contributed by atoms with E-state index in [9.17, 15) is 36.2 Å². The summed E-state index contributed by atoms with van der Waals surface area (Å²) in [6.45, 7) is -0.0372. The van der Waals surface area contributed by atoms with E-state index >= 15 is 0 Å². The van der Waals surface area contributed by atoms with Crippen molar-refractivity contribution in [3.63, 3.8) is 0 Å². The predicted octanol–water partition coefficient (Wildman–Crippen LogP) is 5.66. The largest absolute Gasteiger partial charge is 0.433 e. The lowest BCUT2D eigenvalue weighted by atomic mass is 9.95. The number of alkyl halides is 5. The number of rotatable bonds is 6. The maximum Gasteiger partial charge on any atom is 0.433 e.